The average molecular weight is 1590 g/mol. The molecule has 6 aliphatic carbocycles. The quantitative estimate of drug-likeness (QED) is 0.0183. The second-order valence-electron chi connectivity index (χ2n) is 34.6. The lowest BCUT2D eigenvalue weighted by molar-refractivity contribution is -0.183. The Hall–Kier alpha value is -8.70. The van der Waals surface area contributed by atoms with E-state index in [2.05, 4.69) is 62.8 Å². The molecule has 8 aliphatic rings. The minimum Gasteiger partial charge on any atom is -0.496 e. The van der Waals surface area contributed by atoms with Gasteiger partial charge in [-0.3, -0.25) is 38.5 Å². The maximum atomic E-state index is 14.3. The van der Waals surface area contributed by atoms with Crippen molar-refractivity contribution in [2.24, 2.45) is 58.2 Å². The number of likely N-dealkylation sites (N-methyl/N-ethyl adjacent to an activating group) is 2. The molecule has 5 amide bonds. The number of para-hydroxylation sites is 2. The van der Waals surface area contributed by atoms with Gasteiger partial charge in [0.05, 0.1) is 65.4 Å². The van der Waals surface area contributed by atoms with E-state index in [1.807, 2.05) is 123 Å². The highest BCUT2D eigenvalue weighted by Gasteiger charge is 2.59. The van der Waals surface area contributed by atoms with Gasteiger partial charge in [-0.15, -0.1) is 0 Å². The number of aliphatic hydroxyl groups excluding tert-OH is 4. The molecule has 2 heterocycles. The number of carbonyl (C=O) groups excluding carboxylic acids is 5. The molecule has 0 unspecified atom stereocenters. The van der Waals surface area contributed by atoms with Crippen molar-refractivity contribution >= 4 is 35.5 Å². The maximum Gasteiger partial charge on any atom is 0.335 e. The van der Waals surface area contributed by atoms with E-state index in [1.54, 1.807) is 62.4 Å². The van der Waals surface area contributed by atoms with Crippen molar-refractivity contribution in [1.29, 1.82) is 0 Å². The van der Waals surface area contributed by atoms with Crippen LogP contribution in [0.2, 0.25) is 0 Å². The predicted molar refractivity (Wildman–Crippen MR) is 438 cm³/mol. The van der Waals surface area contributed by atoms with Gasteiger partial charge in [0.2, 0.25) is 11.8 Å². The zero-order valence-electron chi connectivity index (χ0n) is 69.5. The first-order chi connectivity index (χ1) is 54.7. The topological polar surface area (TPSA) is 314 Å². The lowest BCUT2D eigenvalue weighted by Crippen LogP contribution is -2.62. The van der Waals surface area contributed by atoms with E-state index >= 15 is 0 Å². The maximum absolute atomic E-state index is 14.3. The van der Waals surface area contributed by atoms with Crippen LogP contribution in [0.15, 0.2) is 133 Å². The van der Waals surface area contributed by atoms with Crippen LogP contribution in [0, 0.1) is 58.2 Å². The van der Waals surface area contributed by atoms with Crippen LogP contribution in [-0.2, 0) is 50.0 Å². The number of hydroxylamine groups is 6. The van der Waals surface area contributed by atoms with Crippen molar-refractivity contribution in [3.8, 4) is 33.8 Å². The third kappa shape index (κ3) is 19.3. The third-order valence-corrected chi connectivity index (χ3v) is 25.9. The summed E-state index contributed by atoms with van der Waals surface area (Å²) in [7, 11) is 13.7. The van der Waals surface area contributed by atoms with Crippen LogP contribution < -0.4 is 30.7 Å². The number of amides is 5. The van der Waals surface area contributed by atoms with E-state index in [1.165, 1.54) is 51.3 Å². The summed E-state index contributed by atoms with van der Waals surface area (Å²) in [5, 5.41) is 69.9. The molecule has 9 N–H and O–H groups in total. The lowest BCUT2D eigenvalue weighted by atomic mass is 9.45. The summed E-state index contributed by atoms with van der Waals surface area (Å²) in [6, 6.07) is 38.0. The molecule has 25 heteroatoms. The predicted octanol–water partition coefficient (Wildman–Crippen LogP) is 9.18. The Bertz CT molecular complexity index is 4390. The molecule has 14 rings (SSSR count). The minimum atomic E-state index is -1.18. The molecule has 0 aromatic heterocycles. The van der Waals surface area contributed by atoms with Crippen molar-refractivity contribution in [2.45, 2.75) is 168 Å². The van der Waals surface area contributed by atoms with E-state index in [-0.39, 0.29) is 94.7 Å². The summed E-state index contributed by atoms with van der Waals surface area (Å²) < 4.78 is 12.0. The Kier molecular flexibility index (Phi) is 28.2. The number of rotatable bonds is 31. The van der Waals surface area contributed by atoms with Crippen molar-refractivity contribution < 1.29 is 78.3 Å². The van der Waals surface area contributed by atoms with E-state index in [0.29, 0.717) is 106 Å². The number of fused-ring (bicyclic) bond motifs is 4. The molecule has 2 aliphatic heterocycles. The van der Waals surface area contributed by atoms with E-state index < -0.39 is 72.7 Å². The number of methoxy groups -OCH3 is 2. The first kappa shape index (κ1) is 87.1. The van der Waals surface area contributed by atoms with Crippen LogP contribution in [0.4, 0.5) is 0 Å². The lowest BCUT2D eigenvalue weighted by Gasteiger charge is -2.62. The number of ether oxygens (including phenoxy) is 2. The van der Waals surface area contributed by atoms with Crippen LogP contribution in [0.1, 0.15) is 145 Å². The van der Waals surface area contributed by atoms with Gasteiger partial charge in [0, 0.05) is 95.1 Å². The summed E-state index contributed by atoms with van der Waals surface area (Å²) in [4.78, 5) is 104. The van der Waals surface area contributed by atoms with Gasteiger partial charge in [-0.05, 0) is 186 Å². The fraction of sp³-hybridized carbons (Fsp3) is 0.533. The highest BCUT2D eigenvalue weighted by atomic mass is 16.7. The summed E-state index contributed by atoms with van der Waals surface area (Å²) in [6.45, 7) is 17.5. The van der Waals surface area contributed by atoms with Gasteiger partial charge < -0.3 is 66.1 Å². The Morgan fingerprint density at radius 2 is 0.913 bits per heavy atom. The number of aromatic carboxylic acids is 1. The number of nitrogens with zero attached hydrogens (tertiary/aromatic N) is 5. The molecule has 25 nitrogen and oxygen atoms in total. The first-order valence-electron chi connectivity index (χ1n) is 40.4. The smallest absolute Gasteiger partial charge is 0.335 e. The second-order valence-corrected chi connectivity index (χ2v) is 34.6. The largest absolute Gasteiger partial charge is 0.496 e. The first-order valence-corrected chi connectivity index (χ1v) is 40.4. The monoisotopic (exact) mass is 1580 g/mol. The zero-order chi connectivity index (χ0) is 83.2. The van der Waals surface area contributed by atoms with Gasteiger partial charge in [-0.2, -0.15) is 10.1 Å². The molecular weight excluding hydrogens is 1460 g/mol. The van der Waals surface area contributed by atoms with Crippen LogP contribution in [-0.4, -0.2) is 230 Å². The third-order valence-electron chi connectivity index (χ3n) is 25.9. The summed E-state index contributed by atoms with van der Waals surface area (Å²) in [6.07, 6.45) is 1.81. The van der Waals surface area contributed by atoms with Crippen LogP contribution in [0.5, 0.6) is 11.5 Å². The second kappa shape index (κ2) is 37.3. The van der Waals surface area contributed by atoms with Crippen LogP contribution in [0.3, 0.4) is 0 Å². The molecule has 6 aromatic carbocycles. The average Bonchev–Trinajstić information content (AvgIpc) is 1.15. The fourth-order valence-electron chi connectivity index (χ4n) is 19.5. The number of hydrogen-bond acceptors (Lipinski definition) is 19. The molecule has 4 bridgehead atoms. The molecular formula is C90H121N9O16. The van der Waals surface area contributed by atoms with E-state index in [4.69, 9.17) is 24.0 Å². The zero-order valence-corrected chi connectivity index (χ0v) is 69.5. The van der Waals surface area contributed by atoms with Gasteiger partial charge in [0.15, 0.2) is 0 Å². The molecule has 0 radical (unpaired) electrons. The molecule has 2 saturated heterocycles. The molecule has 622 valence electrons. The number of carboxylic acid groups (broad SMARTS) is 1. The molecule has 6 aromatic rings. The van der Waals surface area contributed by atoms with E-state index in [9.17, 15) is 54.3 Å². The van der Waals surface area contributed by atoms with Crippen molar-refractivity contribution in [1.82, 2.24) is 46.3 Å². The normalized spacial score (nSPS) is 26.2. The van der Waals surface area contributed by atoms with Gasteiger partial charge in [0.1, 0.15) is 35.8 Å². The Morgan fingerprint density at radius 1 is 0.530 bits per heavy atom. The van der Waals surface area contributed by atoms with Gasteiger partial charge in [0.25, 0.3) is 17.7 Å². The SMILES string of the molecule is COc1c(CN2O[C@@H](CO)[C@@H]([C@H](C)O)[C@H]2C(=O)N[C@H]2C[C@H]3C[C@@H]([C@@H]2C)C3(C)C)cccc1-c1cc(C(=O)N[C@@H](Cc2ccccc2)CN(C)C)cc(C(=O)N(C)OC)c1.COc1c(CN2O[C@@H](CO)[C@@H]([C@H](C)O)[C@H]2C(=O)N[C@H]2C[C@H]3C[C@@H]([C@@H]2C)C3(C)C)cccc1-c1cc(C(=O)O)cc(C(=O)N[C@@H](Cc2ccccc2)CN(C)C)c1. The molecule has 8 fully saturated rings. The highest BCUT2D eigenvalue weighted by molar-refractivity contribution is 6.02. The van der Waals surface area contributed by atoms with Crippen LogP contribution in [0.25, 0.3) is 22.3 Å². The number of hydrogen-bond donors (Lipinski definition) is 9. The Balaban J connectivity index is 0.000000227. The van der Waals surface area contributed by atoms with Crippen LogP contribution >= 0.6 is 0 Å². The van der Waals surface area contributed by atoms with Crippen molar-refractivity contribution in [2.75, 3.05) is 82.9 Å². The van der Waals surface area contributed by atoms with Crippen molar-refractivity contribution in [3.63, 3.8) is 0 Å². The fourth-order valence-corrected chi connectivity index (χ4v) is 19.5. The van der Waals surface area contributed by atoms with Gasteiger partial charge >= 0.3 is 5.97 Å². The Labute approximate surface area is 677 Å². The summed E-state index contributed by atoms with van der Waals surface area (Å²) in [5.41, 5.74) is 6.74. The molecule has 18 atom stereocenters. The van der Waals surface area contributed by atoms with E-state index in [0.717, 1.165) is 29.0 Å². The number of carbonyl (C=O) groups is 6. The standard InChI is InChI=1S/C46H63N5O8.C44H58N4O8/c1-27-37-22-34(46(37,3)4)23-38(27)48-44(55)41-40(28(2)53)39(26-52)59-51(41)24-30-16-13-17-36(42(30)57-8)31-19-32(21-33(20-31)45(56)50(7)58-9)43(54)47-35(25-49(5)6)18-29-14-11-10-12-15-29;1-25-35-20-32(44(35,3)4)21-36(25)46-42(52)39-38(26(2)50)37(24-49)56-48(39)22-28-14-11-15-34(40(28)55-7)29-17-30(19-31(18-29)43(53)54)41(51)45-33(23-47(5)6)16-27-12-9-8-10-13-27/h10-17,19-21,27-28,34-35,37-41,52-53H,18,22-26H2,1-9H3,(H,47,54)(H,48,55);8-15,17-19,25-26,32-33,35-39,49-50H,16,20-24H2,1-7H3,(H,45,51)(H,46,52)(H,53,54)/t27-,28-,34+,35-,37-,38-,39-,40+,41-;25-,26-,32+,33-,35-,36-,37-,38+,39-/m00/s1. The Morgan fingerprint density at radius 3 is 1.25 bits per heavy atom. The van der Waals surface area contributed by atoms with Crippen molar-refractivity contribution in [3.05, 3.63) is 178 Å². The number of aliphatic hydroxyl groups is 4. The van der Waals surface area contributed by atoms with Gasteiger partial charge in [-0.1, -0.05) is 139 Å². The molecule has 6 saturated carbocycles. The summed E-state index contributed by atoms with van der Waals surface area (Å²) in [5.74, 6) is -0.716. The molecule has 115 heavy (non-hydrogen) atoms. The number of nitrogens with one attached hydrogen (secondary N) is 4. The number of benzene rings is 6. The van der Waals surface area contributed by atoms with Gasteiger partial charge in [-0.25, -0.2) is 9.86 Å². The minimum absolute atomic E-state index is 0.00292. The number of carboxylic acids is 1. The summed E-state index contributed by atoms with van der Waals surface area (Å²) >= 11 is 0. The highest BCUT2D eigenvalue weighted by Crippen LogP contribution is 2.62. The molecule has 0 spiro atoms.